The molecular weight excluding hydrogens is 426 g/mol. The van der Waals surface area contributed by atoms with Gasteiger partial charge in [0.15, 0.2) is 5.78 Å². The van der Waals surface area contributed by atoms with E-state index in [1.54, 1.807) is 31.6 Å². The third-order valence-corrected chi connectivity index (χ3v) is 6.94. The molecule has 0 aliphatic carbocycles. The second kappa shape index (κ2) is 7.73. The van der Waals surface area contributed by atoms with Crippen LogP contribution in [0.1, 0.15) is 27.4 Å². The Kier molecular flexibility index (Phi) is 4.99. The minimum atomic E-state index is -1.17. The summed E-state index contributed by atoms with van der Waals surface area (Å²) in [5.74, 6) is -0.565. The number of Topliss-reactive ketones (excluding diaryl/α,β-unsaturated/α-hetero) is 1. The SMILES string of the molecule is COc1ccc2c(c1)[C@]1(C(=O)N2)C(C(=O)c2cccnc2)[C@@H](c2ccc(Cl)cc2)CN1C. The number of likely N-dealkylation sites (tertiary alicyclic amines) is 1. The van der Waals surface area contributed by atoms with Crippen LogP contribution in [0.4, 0.5) is 5.69 Å². The van der Waals surface area contributed by atoms with Gasteiger partial charge < -0.3 is 10.1 Å². The van der Waals surface area contributed by atoms with E-state index in [9.17, 15) is 9.59 Å². The number of ketones is 1. The topological polar surface area (TPSA) is 71.5 Å². The highest BCUT2D eigenvalue weighted by molar-refractivity contribution is 6.30. The molecule has 0 bridgehead atoms. The van der Waals surface area contributed by atoms with E-state index in [2.05, 4.69) is 10.3 Å². The monoisotopic (exact) mass is 447 g/mol. The van der Waals surface area contributed by atoms with Crippen LogP contribution in [-0.2, 0) is 10.3 Å². The van der Waals surface area contributed by atoms with Crippen molar-refractivity contribution in [3.8, 4) is 5.75 Å². The maximum Gasteiger partial charge on any atom is 0.250 e. The normalized spacial score (nSPS) is 24.4. The minimum Gasteiger partial charge on any atom is -0.497 e. The third-order valence-electron chi connectivity index (χ3n) is 6.68. The van der Waals surface area contributed by atoms with E-state index in [0.29, 0.717) is 28.6 Å². The van der Waals surface area contributed by atoms with Crippen molar-refractivity contribution in [3.63, 3.8) is 0 Å². The van der Waals surface area contributed by atoms with Crippen LogP contribution in [-0.4, -0.2) is 42.3 Å². The lowest BCUT2D eigenvalue weighted by Crippen LogP contribution is -2.51. The smallest absolute Gasteiger partial charge is 0.250 e. The highest BCUT2D eigenvalue weighted by Crippen LogP contribution is 2.56. The first-order valence-electron chi connectivity index (χ1n) is 10.4. The predicted molar refractivity (Wildman–Crippen MR) is 122 cm³/mol. The number of benzene rings is 2. The molecule has 2 aliphatic rings. The van der Waals surface area contributed by atoms with Gasteiger partial charge in [-0.1, -0.05) is 23.7 Å². The van der Waals surface area contributed by atoms with Crippen LogP contribution in [0, 0.1) is 5.92 Å². The molecule has 1 N–H and O–H groups in total. The van der Waals surface area contributed by atoms with Crippen molar-refractivity contribution in [2.45, 2.75) is 11.5 Å². The average Bonchev–Trinajstić information content (AvgIpc) is 3.29. The van der Waals surface area contributed by atoms with Gasteiger partial charge in [-0.3, -0.25) is 19.5 Å². The van der Waals surface area contributed by atoms with Gasteiger partial charge in [0.25, 0.3) is 0 Å². The fraction of sp³-hybridized carbons (Fsp3) is 0.240. The zero-order chi connectivity index (χ0) is 22.5. The summed E-state index contributed by atoms with van der Waals surface area (Å²) in [7, 11) is 3.49. The minimum absolute atomic E-state index is 0.117. The molecule has 1 spiro atoms. The Morgan fingerprint density at radius 2 is 2.00 bits per heavy atom. The first kappa shape index (κ1) is 20.7. The second-order valence-corrected chi connectivity index (χ2v) is 8.69. The van der Waals surface area contributed by atoms with Gasteiger partial charge in [-0.2, -0.15) is 0 Å². The maximum atomic E-state index is 14.0. The molecule has 3 atom stereocenters. The van der Waals surface area contributed by atoms with Crippen molar-refractivity contribution in [3.05, 3.63) is 88.7 Å². The zero-order valence-corrected chi connectivity index (χ0v) is 18.5. The summed E-state index contributed by atoms with van der Waals surface area (Å²) in [6.07, 6.45) is 3.19. The number of rotatable bonds is 4. The van der Waals surface area contributed by atoms with Gasteiger partial charge in [0.2, 0.25) is 5.91 Å². The maximum absolute atomic E-state index is 14.0. The fourth-order valence-corrected chi connectivity index (χ4v) is 5.37. The number of ether oxygens (including phenoxy) is 1. The van der Waals surface area contributed by atoms with E-state index in [4.69, 9.17) is 16.3 Å². The lowest BCUT2D eigenvalue weighted by Gasteiger charge is -2.35. The Balaban J connectivity index is 1.74. The number of aromatic nitrogens is 1. The number of methoxy groups -OCH3 is 1. The van der Waals surface area contributed by atoms with E-state index in [1.807, 2.05) is 54.4 Å². The Morgan fingerprint density at radius 3 is 2.69 bits per heavy atom. The van der Waals surface area contributed by atoms with Crippen LogP contribution in [0.3, 0.4) is 0 Å². The summed E-state index contributed by atoms with van der Waals surface area (Å²) in [5.41, 5.74) is 1.73. The van der Waals surface area contributed by atoms with Gasteiger partial charge in [-0.05, 0) is 55.1 Å². The number of amides is 1. The number of anilines is 1. The summed E-state index contributed by atoms with van der Waals surface area (Å²) < 4.78 is 5.45. The summed E-state index contributed by atoms with van der Waals surface area (Å²) in [4.78, 5) is 33.8. The Labute approximate surface area is 191 Å². The number of nitrogens with zero attached hydrogens (tertiary/aromatic N) is 2. The lowest BCUT2D eigenvalue weighted by molar-refractivity contribution is -0.126. The van der Waals surface area contributed by atoms with Crippen LogP contribution < -0.4 is 10.1 Å². The van der Waals surface area contributed by atoms with Crippen LogP contribution in [0.15, 0.2) is 67.0 Å². The molecule has 2 aromatic carbocycles. The third kappa shape index (κ3) is 2.94. The number of likely N-dealkylation sites (N-methyl/N-ethyl adjacent to an activating group) is 1. The molecule has 1 amide bonds. The van der Waals surface area contributed by atoms with Gasteiger partial charge in [-0.15, -0.1) is 0 Å². The Morgan fingerprint density at radius 1 is 1.22 bits per heavy atom. The molecule has 162 valence electrons. The molecule has 0 saturated carbocycles. The number of halogens is 1. The van der Waals surface area contributed by atoms with E-state index in [-0.39, 0.29) is 17.6 Å². The van der Waals surface area contributed by atoms with Crippen molar-refractivity contribution in [1.29, 1.82) is 0 Å². The molecule has 1 saturated heterocycles. The van der Waals surface area contributed by atoms with Crippen LogP contribution >= 0.6 is 11.6 Å². The summed E-state index contributed by atoms with van der Waals surface area (Å²) in [5, 5.41) is 3.63. The number of carbonyl (C=O) groups is 2. The van der Waals surface area contributed by atoms with Crippen molar-refractivity contribution in [2.75, 3.05) is 26.0 Å². The fourth-order valence-electron chi connectivity index (χ4n) is 5.24. The molecule has 6 nitrogen and oxygen atoms in total. The molecule has 3 aromatic rings. The number of fused-ring (bicyclic) bond motifs is 2. The van der Waals surface area contributed by atoms with Gasteiger partial charge in [-0.25, -0.2) is 0 Å². The molecule has 1 aromatic heterocycles. The van der Waals surface area contributed by atoms with Gasteiger partial charge in [0.05, 0.1) is 13.0 Å². The Bertz CT molecular complexity index is 1200. The van der Waals surface area contributed by atoms with Gasteiger partial charge in [0, 0.05) is 46.7 Å². The van der Waals surface area contributed by atoms with E-state index < -0.39 is 11.5 Å². The largest absolute Gasteiger partial charge is 0.497 e. The zero-order valence-electron chi connectivity index (χ0n) is 17.7. The van der Waals surface area contributed by atoms with Crippen molar-refractivity contribution < 1.29 is 14.3 Å². The first-order valence-corrected chi connectivity index (χ1v) is 10.8. The number of nitrogens with one attached hydrogen (secondary N) is 1. The van der Waals surface area contributed by atoms with Gasteiger partial charge >= 0.3 is 0 Å². The van der Waals surface area contributed by atoms with Gasteiger partial charge in [0.1, 0.15) is 11.3 Å². The number of pyridine rings is 1. The molecule has 5 rings (SSSR count). The number of hydrogen-bond donors (Lipinski definition) is 1. The quantitative estimate of drug-likeness (QED) is 0.609. The van der Waals surface area contributed by atoms with Crippen LogP contribution in [0.5, 0.6) is 5.75 Å². The Hall–Kier alpha value is -3.22. The van der Waals surface area contributed by atoms with E-state index >= 15 is 0 Å². The average molecular weight is 448 g/mol. The van der Waals surface area contributed by atoms with Crippen LogP contribution in [0.25, 0.3) is 0 Å². The van der Waals surface area contributed by atoms with E-state index in [0.717, 1.165) is 11.1 Å². The number of hydrogen-bond acceptors (Lipinski definition) is 5. The first-order chi connectivity index (χ1) is 15.5. The van der Waals surface area contributed by atoms with E-state index in [1.165, 1.54) is 0 Å². The van der Waals surface area contributed by atoms with Crippen molar-refractivity contribution in [2.24, 2.45) is 5.92 Å². The highest BCUT2D eigenvalue weighted by Gasteiger charge is 2.64. The summed E-state index contributed by atoms with van der Waals surface area (Å²) >= 11 is 6.12. The molecule has 1 unspecified atom stereocenters. The molecule has 32 heavy (non-hydrogen) atoms. The predicted octanol–water partition coefficient (Wildman–Crippen LogP) is 4.12. The standard InChI is InChI=1S/C25H22ClN3O3/c1-29-14-19(15-5-7-17(26)8-6-15)22(23(30)16-4-3-11-27-13-16)25(29)20-12-18(32-2)9-10-21(20)28-24(25)31/h3-13,19,22H,14H2,1-2H3,(H,28,31)/t19-,22?,25-/m1/s1. The lowest BCUT2D eigenvalue weighted by atomic mass is 9.70. The molecule has 7 heteroatoms. The molecule has 0 radical (unpaired) electrons. The molecular formula is C25H22ClN3O3. The molecule has 3 heterocycles. The highest BCUT2D eigenvalue weighted by atomic mass is 35.5. The number of carbonyl (C=O) groups excluding carboxylic acids is 2. The summed E-state index contributed by atoms with van der Waals surface area (Å²) in [6.45, 7) is 0.530. The summed E-state index contributed by atoms with van der Waals surface area (Å²) in [6, 6.07) is 16.5. The second-order valence-electron chi connectivity index (χ2n) is 8.25. The van der Waals surface area contributed by atoms with Crippen molar-refractivity contribution in [1.82, 2.24) is 9.88 Å². The van der Waals surface area contributed by atoms with Crippen LogP contribution in [0.2, 0.25) is 5.02 Å². The molecule has 1 fully saturated rings. The van der Waals surface area contributed by atoms with Crippen molar-refractivity contribution >= 4 is 29.0 Å². The molecule has 2 aliphatic heterocycles.